The molecule has 0 unspecified atom stereocenters. The summed E-state index contributed by atoms with van der Waals surface area (Å²) in [6.45, 7) is 0.0477. The van der Waals surface area contributed by atoms with Crippen molar-refractivity contribution in [2.75, 3.05) is 0 Å². The number of nitrogens with one attached hydrogen (secondary N) is 1. The van der Waals surface area contributed by atoms with Crippen molar-refractivity contribution in [3.63, 3.8) is 0 Å². The van der Waals surface area contributed by atoms with E-state index in [2.05, 4.69) is 10.5 Å². The lowest BCUT2D eigenvalue weighted by molar-refractivity contribution is -0.137. The minimum absolute atomic E-state index is 0.0477. The smallest absolute Gasteiger partial charge is 0.354 e. The molecule has 1 heterocycles. The van der Waals surface area contributed by atoms with Crippen molar-refractivity contribution < 1.29 is 18.7 Å². The van der Waals surface area contributed by atoms with Crippen LogP contribution in [0.4, 0.5) is 4.39 Å². The Morgan fingerprint density at radius 2 is 2.06 bits per heavy atom. The predicted octanol–water partition coefficient (Wildman–Crippen LogP) is 1.13. The lowest BCUT2D eigenvalue weighted by atomic mass is 10.2. The maximum Gasteiger partial charge on any atom is 0.354 e. The highest BCUT2D eigenvalue weighted by molar-refractivity contribution is 6.37. The van der Waals surface area contributed by atoms with Crippen LogP contribution in [0, 0.1) is 5.82 Å². The summed E-state index contributed by atoms with van der Waals surface area (Å²) in [4.78, 5) is 22.4. The third kappa shape index (κ3) is 3.13. The molecule has 0 fully saturated rings. The summed E-state index contributed by atoms with van der Waals surface area (Å²) in [5.41, 5.74) is 3.09. The molecule has 0 atom stereocenters. The molecule has 94 valence electrons. The van der Waals surface area contributed by atoms with E-state index in [1.54, 1.807) is 0 Å². The van der Waals surface area contributed by atoms with Gasteiger partial charge in [0.2, 0.25) is 5.91 Å². The molecule has 6 heteroatoms. The zero-order valence-electron chi connectivity index (χ0n) is 9.48. The fraction of sp³-hybridized carbons (Fsp3) is 0.250. The van der Waals surface area contributed by atoms with Crippen LogP contribution in [0.1, 0.15) is 18.4 Å². The number of benzene rings is 1. The van der Waals surface area contributed by atoms with Gasteiger partial charge in [0.25, 0.3) is 0 Å². The standard InChI is InChI=1S/C12H11FN2O3/c13-9-3-1-8(2-4-9)7-18-12(17)10-5-6-11(16)15-14-10/h1-4H,5-7H2,(H,15,16). The fourth-order valence-electron chi connectivity index (χ4n) is 1.43. The first kappa shape index (κ1) is 12.2. The van der Waals surface area contributed by atoms with Crippen LogP contribution < -0.4 is 5.43 Å². The van der Waals surface area contributed by atoms with Gasteiger partial charge in [-0.1, -0.05) is 12.1 Å². The number of hydrogen-bond acceptors (Lipinski definition) is 4. The van der Waals surface area contributed by atoms with E-state index in [1.165, 1.54) is 24.3 Å². The van der Waals surface area contributed by atoms with Gasteiger partial charge in [-0.2, -0.15) is 5.10 Å². The number of amides is 1. The van der Waals surface area contributed by atoms with Gasteiger partial charge in [0, 0.05) is 12.8 Å². The Morgan fingerprint density at radius 1 is 1.33 bits per heavy atom. The highest BCUT2D eigenvalue weighted by Gasteiger charge is 2.19. The quantitative estimate of drug-likeness (QED) is 0.818. The minimum atomic E-state index is -0.570. The molecule has 0 radical (unpaired) electrons. The van der Waals surface area contributed by atoms with Gasteiger partial charge in [0.05, 0.1) is 0 Å². The molecule has 1 aromatic carbocycles. The predicted molar refractivity (Wildman–Crippen MR) is 61.0 cm³/mol. The normalized spacial score (nSPS) is 14.7. The zero-order valence-corrected chi connectivity index (χ0v) is 9.48. The van der Waals surface area contributed by atoms with Crippen LogP contribution in [-0.2, 0) is 20.9 Å². The lowest BCUT2D eigenvalue weighted by Gasteiger charge is -2.11. The molecule has 1 aromatic rings. The molecular weight excluding hydrogens is 239 g/mol. The number of esters is 1. The monoisotopic (exact) mass is 250 g/mol. The number of carbonyl (C=O) groups is 2. The van der Waals surface area contributed by atoms with Crippen molar-refractivity contribution in [3.8, 4) is 0 Å². The average molecular weight is 250 g/mol. The Hall–Kier alpha value is -2.24. The second-order valence-corrected chi connectivity index (χ2v) is 3.80. The lowest BCUT2D eigenvalue weighted by Crippen LogP contribution is -2.30. The summed E-state index contributed by atoms with van der Waals surface area (Å²) >= 11 is 0. The van der Waals surface area contributed by atoms with Gasteiger partial charge in [0.1, 0.15) is 18.1 Å². The van der Waals surface area contributed by atoms with E-state index in [4.69, 9.17) is 4.74 Å². The summed E-state index contributed by atoms with van der Waals surface area (Å²) in [5.74, 6) is -1.13. The van der Waals surface area contributed by atoms with Crippen molar-refractivity contribution in [1.29, 1.82) is 0 Å². The summed E-state index contributed by atoms with van der Waals surface area (Å²) in [6.07, 6.45) is 0.499. The number of nitrogens with zero attached hydrogens (tertiary/aromatic N) is 1. The SMILES string of the molecule is O=C1CCC(C(=O)OCc2ccc(F)cc2)=NN1. The van der Waals surface area contributed by atoms with Crippen LogP contribution in [-0.4, -0.2) is 17.6 Å². The van der Waals surface area contributed by atoms with Crippen molar-refractivity contribution >= 4 is 17.6 Å². The molecule has 1 amide bonds. The Morgan fingerprint density at radius 3 is 2.67 bits per heavy atom. The average Bonchev–Trinajstić information content (AvgIpc) is 2.38. The number of carbonyl (C=O) groups excluding carboxylic acids is 2. The van der Waals surface area contributed by atoms with Gasteiger partial charge >= 0.3 is 5.97 Å². The van der Waals surface area contributed by atoms with E-state index in [1.807, 2.05) is 0 Å². The van der Waals surface area contributed by atoms with Gasteiger partial charge in [-0.3, -0.25) is 4.79 Å². The highest BCUT2D eigenvalue weighted by atomic mass is 19.1. The van der Waals surface area contributed by atoms with Crippen LogP contribution in [0.3, 0.4) is 0 Å². The van der Waals surface area contributed by atoms with Crippen molar-refractivity contribution in [2.45, 2.75) is 19.4 Å². The molecule has 1 N–H and O–H groups in total. The first-order chi connectivity index (χ1) is 8.65. The van der Waals surface area contributed by atoms with Gasteiger partial charge in [-0.05, 0) is 17.7 Å². The van der Waals surface area contributed by atoms with Crippen molar-refractivity contribution in [2.24, 2.45) is 5.10 Å². The van der Waals surface area contributed by atoms with Crippen LogP contribution in [0.15, 0.2) is 29.4 Å². The molecule has 0 spiro atoms. The first-order valence-corrected chi connectivity index (χ1v) is 5.42. The molecule has 0 saturated carbocycles. The summed E-state index contributed by atoms with van der Waals surface area (Å²) in [7, 11) is 0. The number of halogens is 1. The molecule has 1 aliphatic rings. The molecule has 0 bridgehead atoms. The molecule has 5 nitrogen and oxygen atoms in total. The third-order valence-electron chi connectivity index (χ3n) is 2.42. The van der Waals surface area contributed by atoms with Gasteiger partial charge in [-0.15, -0.1) is 0 Å². The molecule has 0 saturated heterocycles. The second-order valence-electron chi connectivity index (χ2n) is 3.80. The van der Waals surface area contributed by atoms with E-state index in [0.29, 0.717) is 5.56 Å². The molecule has 0 aromatic heterocycles. The van der Waals surface area contributed by atoms with Gasteiger partial charge in [0.15, 0.2) is 0 Å². The van der Waals surface area contributed by atoms with Crippen LogP contribution in [0.2, 0.25) is 0 Å². The summed E-state index contributed by atoms with van der Waals surface area (Å²) in [6, 6.07) is 5.66. The van der Waals surface area contributed by atoms with E-state index >= 15 is 0 Å². The number of ether oxygens (including phenoxy) is 1. The van der Waals surface area contributed by atoms with Gasteiger partial charge < -0.3 is 4.74 Å². The minimum Gasteiger partial charge on any atom is -0.456 e. The van der Waals surface area contributed by atoms with Crippen molar-refractivity contribution in [1.82, 2.24) is 5.43 Å². The Bertz CT molecular complexity index is 497. The first-order valence-electron chi connectivity index (χ1n) is 5.42. The van der Waals surface area contributed by atoms with Crippen LogP contribution >= 0.6 is 0 Å². The largest absolute Gasteiger partial charge is 0.456 e. The van der Waals surface area contributed by atoms with Crippen molar-refractivity contribution in [3.05, 3.63) is 35.6 Å². The summed E-state index contributed by atoms with van der Waals surface area (Å²) in [5, 5.41) is 3.62. The molecule has 1 aliphatic heterocycles. The van der Waals surface area contributed by atoms with E-state index in [9.17, 15) is 14.0 Å². The Balaban J connectivity index is 1.88. The van der Waals surface area contributed by atoms with Gasteiger partial charge in [-0.25, -0.2) is 14.6 Å². The van der Waals surface area contributed by atoms with E-state index in [-0.39, 0.29) is 36.9 Å². The molecule has 0 aliphatic carbocycles. The molecular formula is C12H11FN2O3. The van der Waals surface area contributed by atoms with E-state index < -0.39 is 5.97 Å². The van der Waals surface area contributed by atoms with Crippen LogP contribution in [0.5, 0.6) is 0 Å². The molecule has 2 rings (SSSR count). The Kier molecular flexibility index (Phi) is 3.66. The zero-order chi connectivity index (χ0) is 13.0. The third-order valence-corrected chi connectivity index (χ3v) is 2.42. The van der Waals surface area contributed by atoms with E-state index in [0.717, 1.165) is 0 Å². The second kappa shape index (κ2) is 5.39. The fourth-order valence-corrected chi connectivity index (χ4v) is 1.43. The highest BCUT2D eigenvalue weighted by Crippen LogP contribution is 2.06. The maximum atomic E-state index is 12.6. The maximum absolute atomic E-state index is 12.6. The molecule has 18 heavy (non-hydrogen) atoms. The summed E-state index contributed by atoms with van der Waals surface area (Å²) < 4.78 is 17.6. The number of hydrazone groups is 1. The topological polar surface area (TPSA) is 67.8 Å². The number of rotatable bonds is 3. The Labute approximate surface area is 103 Å². The van der Waals surface area contributed by atoms with Crippen LogP contribution in [0.25, 0.3) is 0 Å². The number of hydrogen-bond donors (Lipinski definition) is 1.